The maximum Gasteiger partial charge on any atom is 0.265 e. The molecule has 0 spiro atoms. The van der Waals surface area contributed by atoms with Gasteiger partial charge in [-0.25, -0.2) is 4.68 Å². The number of carbonyl (C=O) groups excluding carboxylic acids is 1. The first-order chi connectivity index (χ1) is 12.3. The van der Waals surface area contributed by atoms with E-state index in [1.807, 2.05) is 32.9 Å². The SMILES string of the molecule is Cc1cc(C)c2c(C(=O)NCCn3[nH]c(=O)ccc3=O)cc(C)nc2c1. The highest BCUT2D eigenvalue weighted by molar-refractivity contribution is 6.07. The number of amides is 1. The van der Waals surface area contributed by atoms with Crippen LogP contribution in [0.2, 0.25) is 0 Å². The molecular formula is C19H20N4O3. The van der Waals surface area contributed by atoms with Crippen LogP contribution in [0.1, 0.15) is 27.2 Å². The number of aromatic amines is 1. The number of rotatable bonds is 4. The van der Waals surface area contributed by atoms with E-state index in [0.29, 0.717) is 5.56 Å². The molecule has 7 heteroatoms. The van der Waals surface area contributed by atoms with Gasteiger partial charge in [-0.05, 0) is 44.0 Å². The molecule has 0 radical (unpaired) electrons. The molecule has 0 aliphatic heterocycles. The lowest BCUT2D eigenvalue weighted by molar-refractivity contribution is 0.0953. The van der Waals surface area contributed by atoms with Crippen molar-refractivity contribution in [2.24, 2.45) is 0 Å². The first-order valence-electron chi connectivity index (χ1n) is 8.32. The molecule has 0 bridgehead atoms. The van der Waals surface area contributed by atoms with E-state index < -0.39 is 0 Å². The van der Waals surface area contributed by atoms with Gasteiger partial charge in [0.1, 0.15) is 0 Å². The number of benzene rings is 1. The van der Waals surface area contributed by atoms with E-state index >= 15 is 0 Å². The van der Waals surface area contributed by atoms with Gasteiger partial charge in [-0.15, -0.1) is 0 Å². The first-order valence-corrected chi connectivity index (χ1v) is 8.32. The zero-order valence-corrected chi connectivity index (χ0v) is 14.9. The van der Waals surface area contributed by atoms with Crippen molar-refractivity contribution >= 4 is 16.8 Å². The van der Waals surface area contributed by atoms with E-state index in [-0.39, 0.29) is 30.1 Å². The molecule has 0 aliphatic rings. The molecular weight excluding hydrogens is 332 g/mol. The van der Waals surface area contributed by atoms with Crippen molar-refractivity contribution in [1.29, 1.82) is 0 Å². The largest absolute Gasteiger partial charge is 0.350 e. The number of nitrogens with zero attached hydrogens (tertiary/aromatic N) is 2. The first kappa shape index (κ1) is 17.6. The molecule has 0 fully saturated rings. The number of nitrogens with one attached hydrogen (secondary N) is 2. The zero-order valence-electron chi connectivity index (χ0n) is 14.9. The van der Waals surface area contributed by atoms with Crippen molar-refractivity contribution in [3.8, 4) is 0 Å². The monoisotopic (exact) mass is 352 g/mol. The number of hydrogen-bond acceptors (Lipinski definition) is 4. The summed E-state index contributed by atoms with van der Waals surface area (Å²) in [6, 6.07) is 8.11. The zero-order chi connectivity index (χ0) is 18.8. The summed E-state index contributed by atoms with van der Waals surface area (Å²) < 4.78 is 1.17. The third-order valence-electron chi connectivity index (χ3n) is 4.13. The summed E-state index contributed by atoms with van der Waals surface area (Å²) in [5, 5.41) is 6.06. The number of H-pyrrole nitrogens is 1. The molecule has 0 aliphatic carbocycles. The topological polar surface area (TPSA) is 96.9 Å². The third kappa shape index (κ3) is 3.56. The van der Waals surface area contributed by atoms with Crippen molar-refractivity contribution in [3.63, 3.8) is 0 Å². The second-order valence-corrected chi connectivity index (χ2v) is 6.34. The average molecular weight is 352 g/mol. The molecule has 3 rings (SSSR count). The summed E-state index contributed by atoms with van der Waals surface area (Å²) in [5.74, 6) is -0.237. The van der Waals surface area contributed by atoms with Gasteiger partial charge in [0.05, 0.1) is 17.6 Å². The maximum absolute atomic E-state index is 12.7. The van der Waals surface area contributed by atoms with Crippen LogP contribution in [-0.4, -0.2) is 27.2 Å². The Morgan fingerprint density at radius 1 is 1.15 bits per heavy atom. The molecule has 0 unspecified atom stereocenters. The molecule has 0 saturated carbocycles. The number of carbonyl (C=O) groups is 1. The summed E-state index contributed by atoms with van der Waals surface area (Å²) in [4.78, 5) is 40.2. The Hall–Kier alpha value is -3.22. The quantitative estimate of drug-likeness (QED) is 0.742. The Balaban J connectivity index is 1.85. The molecule has 0 saturated heterocycles. The van der Waals surface area contributed by atoms with Crippen molar-refractivity contribution in [2.75, 3.05) is 6.54 Å². The summed E-state index contributed by atoms with van der Waals surface area (Å²) in [6.45, 7) is 6.20. The molecule has 3 aromatic rings. The van der Waals surface area contributed by atoms with E-state index in [0.717, 1.165) is 27.7 Å². The van der Waals surface area contributed by atoms with Crippen LogP contribution >= 0.6 is 0 Å². The van der Waals surface area contributed by atoms with Crippen LogP contribution in [0.4, 0.5) is 0 Å². The maximum atomic E-state index is 12.7. The van der Waals surface area contributed by atoms with E-state index in [1.54, 1.807) is 6.07 Å². The standard InChI is InChI=1S/C19H20N4O3/c1-11-8-12(2)18-14(10-13(3)21-15(18)9-11)19(26)20-6-7-23-17(25)5-4-16(24)22-23/h4-5,8-10H,6-7H2,1-3H3,(H,20,26)(H,22,24). The number of aryl methyl sites for hydroxylation is 3. The van der Waals surface area contributed by atoms with Crippen LogP contribution in [0.5, 0.6) is 0 Å². The minimum absolute atomic E-state index is 0.181. The van der Waals surface area contributed by atoms with E-state index in [2.05, 4.69) is 15.4 Å². The fourth-order valence-corrected chi connectivity index (χ4v) is 3.07. The van der Waals surface area contributed by atoms with E-state index in [9.17, 15) is 14.4 Å². The van der Waals surface area contributed by atoms with Crippen molar-refractivity contribution in [3.05, 3.63) is 73.4 Å². The average Bonchev–Trinajstić information content (AvgIpc) is 2.56. The fourth-order valence-electron chi connectivity index (χ4n) is 3.07. The summed E-state index contributed by atoms with van der Waals surface area (Å²) >= 11 is 0. The van der Waals surface area contributed by atoms with Crippen molar-refractivity contribution in [1.82, 2.24) is 20.1 Å². The van der Waals surface area contributed by atoms with Crippen LogP contribution in [0.25, 0.3) is 10.9 Å². The van der Waals surface area contributed by atoms with Crippen molar-refractivity contribution < 1.29 is 4.79 Å². The highest BCUT2D eigenvalue weighted by atomic mass is 16.2. The molecule has 26 heavy (non-hydrogen) atoms. The van der Waals surface area contributed by atoms with Crippen LogP contribution in [0.15, 0.2) is 39.9 Å². The van der Waals surface area contributed by atoms with Gasteiger partial charge in [0.2, 0.25) is 0 Å². The van der Waals surface area contributed by atoms with Gasteiger partial charge >= 0.3 is 0 Å². The Labute approximate surface area is 149 Å². The van der Waals surface area contributed by atoms with Crippen LogP contribution in [-0.2, 0) is 6.54 Å². The second kappa shape index (κ2) is 6.95. The second-order valence-electron chi connectivity index (χ2n) is 6.34. The van der Waals surface area contributed by atoms with Gasteiger partial charge in [-0.1, -0.05) is 6.07 Å². The van der Waals surface area contributed by atoms with Gasteiger partial charge in [-0.2, -0.15) is 0 Å². The molecule has 7 nitrogen and oxygen atoms in total. The van der Waals surface area contributed by atoms with Crippen LogP contribution in [0.3, 0.4) is 0 Å². The lowest BCUT2D eigenvalue weighted by Gasteiger charge is -2.12. The number of aromatic nitrogens is 3. The van der Waals surface area contributed by atoms with Crippen molar-refractivity contribution in [2.45, 2.75) is 27.3 Å². The highest BCUT2D eigenvalue weighted by Crippen LogP contribution is 2.24. The minimum atomic E-state index is -0.363. The molecule has 2 aromatic heterocycles. The lowest BCUT2D eigenvalue weighted by Crippen LogP contribution is -2.34. The summed E-state index contributed by atoms with van der Waals surface area (Å²) in [5.41, 5.74) is 3.49. The molecule has 0 atom stereocenters. The Bertz CT molecular complexity index is 1110. The molecule has 2 heterocycles. The minimum Gasteiger partial charge on any atom is -0.350 e. The van der Waals surface area contributed by atoms with Gasteiger partial charge in [0, 0.05) is 29.8 Å². The smallest absolute Gasteiger partial charge is 0.265 e. The van der Waals surface area contributed by atoms with Crippen LogP contribution in [0, 0.1) is 20.8 Å². The Kier molecular flexibility index (Phi) is 4.71. The van der Waals surface area contributed by atoms with Gasteiger partial charge in [-0.3, -0.25) is 24.5 Å². The highest BCUT2D eigenvalue weighted by Gasteiger charge is 2.14. The predicted octanol–water partition coefficient (Wildman–Crippen LogP) is 1.44. The molecule has 1 amide bonds. The molecule has 2 N–H and O–H groups in total. The van der Waals surface area contributed by atoms with Gasteiger partial charge in [0.15, 0.2) is 0 Å². The fraction of sp³-hybridized carbons (Fsp3) is 0.263. The normalized spacial score (nSPS) is 10.9. The Morgan fingerprint density at radius 3 is 2.69 bits per heavy atom. The van der Waals surface area contributed by atoms with Gasteiger partial charge < -0.3 is 5.32 Å². The molecule has 134 valence electrons. The number of fused-ring (bicyclic) bond motifs is 1. The number of pyridine rings is 1. The van der Waals surface area contributed by atoms with Crippen LogP contribution < -0.4 is 16.4 Å². The number of hydrogen-bond donors (Lipinski definition) is 2. The summed E-state index contributed by atoms with van der Waals surface area (Å²) in [6.07, 6.45) is 0. The van der Waals surface area contributed by atoms with E-state index in [4.69, 9.17) is 0 Å². The van der Waals surface area contributed by atoms with Gasteiger partial charge in [0.25, 0.3) is 17.0 Å². The molecule has 1 aromatic carbocycles. The third-order valence-corrected chi connectivity index (χ3v) is 4.13. The Morgan fingerprint density at radius 2 is 1.92 bits per heavy atom. The van der Waals surface area contributed by atoms with E-state index in [1.165, 1.54) is 16.8 Å². The predicted molar refractivity (Wildman–Crippen MR) is 99.6 cm³/mol. The lowest BCUT2D eigenvalue weighted by atomic mass is 10.00. The summed E-state index contributed by atoms with van der Waals surface area (Å²) in [7, 11) is 0.